The Bertz CT molecular complexity index is 800. The van der Waals surface area contributed by atoms with Gasteiger partial charge < -0.3 is 9.80 Å². The van der Waals surface area contributed by atoms with Gasteiger partial charge in [0.25, 0.3) is 0 Å². The first-order chi connectivity index (χ1) is 12.4. The van der Waals surface area contributed by atoms with Crippen molar-refractivity contribution in [1.29, 1.82) is 0 Å². The largest absolute Gasteiger partial charge is 0.433 e. The minimum absolute atomic E-state index is 0.0290. The average Bonchev–Trinajstić information content (AvgIpc) is 3.47. The van der Waals surface area contributed by atoms with Crippen LogP contribution >= 0.6 is 0 Å². The van der Waals surface area contributed by atoms with Crippen molar-refractivity contribution in [3.63, 3.8) is 0 Å². The minimum atomic E-state index is -4.51. The number of hydrogen-bond donors (Lipinski definition) is 0. The van der Waals surface area contributed by atoms with Crippen LogP contribution in [0.25, 0.3) is 0 Å². The zero-order chi connectivity index (χ0) is 18.3. The summed E-state index contributed by atoms with van der Waals surface area (Å²) in [6.07, 6.45) is -0.164. The Hall–Kier alpha value is -2.52. The number of nitrogens with zero attached hydrogens (tertiary/aromatic N) is 6. The molecule has 0 bridgehead atoms. The minimum Gasteiger partial charge on any atom is -0.351 e. The lowest BCUT2D eigenvalue weighted by atomic mass is 10.2. The summed E-state index contributed by atoms with van der Waals surface area (Å²) in [5.74, 6) is 0.0723. The third-order valence-electron chi connectivity index (χ3n) is 4.56. The molecule has 1 saturated carbocycles. The van der Waals surface area contributed by atoms with E-state index in [0.717, 1.165) is 25.1 Å². The van der Waals surface area contributed by atoms with Gasteiger partial charge in [0.05, 0.1) is 5.69 Å². The molecule has 0 N–H and O–H groups in total. The van der Waals surface area contributed by atoms with Crippen molar-refractivity contribution in [2.24, 2.45) is 0 Å². The van der Waals surface area contributed by atoms with Crippen LogP contribution in [-0.2, 0) is 6.18 Å². The zero-order valence-corrected chi connectivity index (χ0v) is 13.7. The summed E-state index contributed by atoms with van der Waals surface area (Å²) in [7, 11) is 0. The second kappa shape index (κ2) is 6.33. The van der Waals surface area contributed by atoms with Crippen LogP contribution in [0, 0.1) is 5.82 Å². The Morgan fingerprint density at radius 2 is 1.65 bits per heavy atom. The Labute approximate surface area is 146 Å². The molecule has 6 nitrogen and oxygen atoms in total. The summed E-state index contributed by atoms with van der Waals surface area (Å²) in [5, 5.41) is 0. The van der Waals surface area contributed by atoms with Crippen LogP contribution in [0.15, 0.2) is 18.6 Å². The smallest absolute Gasteiger partial charge is 0.351 e. The molecule has 0 atom stereocenters. The molecule has 1 aliphatic heterocycles. The third-order valence-corrected chi connectivity index (χ3v) is 4.56. The molecule has 3 heterocycles. The molecule has 0 unspecified atom stereocenters. The topological polar surface area (TPSA) is 58.0 Å². The molecule has 2 aromatic rings. The lowest BCUT2D eigenvalue weighted by Crippen LogP contribution is -2.48. The molecule has 0 aromatic carbocycles. The van der Waals surface area contributed by atoms with Crippen molar-refractivity contribution in [2.45, 2.75) is 24.9 Å². The summed E-state index contributed by atoms with van der Waals surface area (Å²) < 4.78 is 53.0. The van der Waals surface area contributed by atoms with E-state index in [-0.39, 0.29) is 17.7 Å². The quantitative estimate of drug-likeness (QED) is 0.777. The van der Waals surface area contributed by atoms with E-state index < -0.39 is 17.7 Å². The van der Waals surface area contributed by atoms with Gasteiger partial charge in [-0.2, -0.15) is 13.2 Å². The number of alkyl halides is 3. The summed E-state index contributed by atoms with van der Waals surface area (Å²) in [5.41, 5.74) is -0.514. The van der Waals surface area contributed by atoms with Gasteiger partial charge in [-0.25, -0.2) is 24.3 Å². The number of anilines is 2. The number of halogens is 4. The SMILES string of the molecule is Fc1c(C2CC2)ncnc1N1CCN(c2nccc(C(F)(F)F)n2)CC1. The van der Waals surface area contributed by atoms with Crippen molar-refractivity contribution in [1.82, 2.24) is 19.9 Å². The van der Waals surface area contributed by atoms with E-state index in [1.165, 1.54) is 6.33 Å². The lowest BCUT2D eigenvalue weighted by Gasteiger charge is -2.35. The molecule has 4 rings (SSSR count). The van der Waals surface area contributed by atoms with Gasteiger partial charge in [0.2, 0.25) is 5.95 Å². The van der Waals surface area contributed by atoms with Crippen molar-refractivity contribution in [3.8, 4) is 0 Å². The summed E-state index contributed by atoms with van der Waals surface area (Å²) >= 11 is 0. The Morgan fingerprint density at radius 3 is 2.31 bits per heavy atom. The highest BCUT2D eigenvalue weighted by molar-refractivity contribution is 5.45. The first-order valence-electron chi connectivity index (χ1n) is 8.34. The maximum Gasteiger partial charge on any atom is 0.433 e. The van der Waals surface area contributed by atoms with Crippen LogP contribution in [0.5, 0.6) is 0 Å². The summed E-state index contributed by atoms with van der Waals surface area (Å²) in [6, 6.07) is 0.843. The molecule has 0 amide bonds. The third kappa shape index (κ3) is 3.27. The standard InChI is InChI=1S/C16H16F4N6/c17-12-13(10-1-2-10)22-9-23-14(12)25-5-7-26(8-6-25)15-21-4-3-11(24-15)16(18,19)20/h3-4,9-10H,1-2,5-8H2. The number of rotatable bonds is 3. The molecule has 1 saturated heterocycles. The Balaban J connectivity index is 1.47. The van der Waals surface area contributed by atoms with Crippen LogP contribution in [0.2, 0.25) is 0 Å². The Morgan fingerprint density at radius 1 is 0.962 bits per heavy atom. The van der Waals surface area contributed by atoms with Gasteiger partial charge in [0, 0.05) is 38.3 Å². The zero-order valence-electron chi connectivity index (χ0n) is 13.7. The van der Waals surface area contributed by atoms with Crippen LogP contribution < -0.4 is 9.80 Å². The second-order valence-electron chi connectivity index (χ2n) is 6.38. The molecule has 0 radical (unpaired) electrons. The molecule has 26 heavy (non-hydrogen) atoms. The van der Waals surface area contributed by atoms with Crippen LogP contribution in [0.3, 0.4) is 0 Å². The van der Waals surface area contributed by atoms with E-state index in [4.69, 9.17) is 0 Å². The van der Waals surface area contributed by atoms with Crippen LogP contribution in [-0.4, -0.2) is 46.1 Å². The molecule has 138 valence electrons. The van der Waals surface area contributed by atoms with Crippen LogP contribution in [0.4, 0.5) is 29.3 Å². The molecule has 0 spiro atoms. The monoisotopic (exact) mass is 368 g/mol. The number of hydrogen-bond acceptors (Lipinski definition) is 6. The van der Waals surface area contributed by atoms with Gasteiger partial charge in [0.15, 0.2) is 11.6 Å². The fourth-order valence-electron chi connectivity index (χ4n) is 3.01. The first kappa shape index (κ1) is 16.9. The van der Waals surface area contributed by atoms with E-state index in [1.54, 1.807) is 9.80 Å². The molecule has 2 fully saturated rings. The number of piperazine rings is 1. The maximum atomic E-state index is 14.6. The highest BCUT2D eigenvalue weighted by Crippen LogP contribution is 2.41. The number of aromatic nitrogens is 4. The van der Waals surface area contributed by atoms with Crippen molar-refractivity contribution in [3.05, 3.63) is 35.8 Å². The predicted octanol–water partition coefficient (Wildman–Crippen LogP) is 2.63. The van der Waals surface area contributed by atoms with Gasteiger partial charge in [-0.05, 0) is 18.9 Å². The van der Waals surface area contributed by atoms with E-state index in [1.807, 2.05) is 0 Å². The van der Waals surface area contributed by atoms with Gasteiger partial charge in [0.1, 0.15) is 12.0 Å². The lowest BCUT2D eigenvalue weighted by molar-refractivity contribution is -0.141. The van der Waals surface area contributed by atoms with Gasteiger partial charge in [-0.1, -0.05) is 0 Å². The molecule has 2 aromatic heterocycles. The highest BCUT2D eigenvalue weighted by atomic mass is 19.4. The fourth-order valence-corrected chi connectivity index (χ4v) is 3.01. The highest BCUT2D eigenvalue weighted by Gasteiger charge is 2.34. The van der Waals surface area contributed by atoms with Crippen molar-refractivity contribution < 1.29 is 17.6 Å². The van der Waals surface area contributed by atoms with E-state index >= 15 is 0 Å². The van der Waals surface area contributed by atoms with E-state index in [0.29, 0.717) is 31.9 Å². The maximum absolute atomic E-state index is 14.6. The summed E-state index contributed by atoms with van der Waals surface area (Å²) in [6.45, 7) is 1.59. The van der Waals surface area contributed by atoms with Crippen LogP contribution in [0.1, 0.15) is 30.1 Å². The average molecular weight is 368 g/mol. The van der Waals surface area contributed by atoms with Gasteiger partial charge in [-0.15, -0.1) is 0 Å². The second-order valence-corrected chi connectivity index (χ2v) is 6.38. The summed E-state index contributed by atoms with van der Waals surface area (Å²) in [4.78, 5) is 19.1. The molecule has 2 aliphatic rings. The van der Waals surface area contributed by atoms with E-state index in [2.05, 4.69) is 19.9 Å². The molecule has 1 aliphatic carbocycles. The predicted molar refractivity (Wildman–Crippen MR) is 85.4 cm³/mol. The Kier molecular flexibility index (Phi) is 4.12. The fraction of sp³-hybridized carbons (Fsp3) is 0.500. The molecular weight excluding hydrogens is 352 g/mol. The normalized spacial score (nSPS) is 18.3. The van der Waals surface area contributed by atoms with Crippen molar-refractivity contribution >= 4 is 11.8 Å². The van der Waals surface area contributed by atoms with Crippen molar-refractivity contribution in [2.75, 3.05) is 36.0 Å². The first-order valence-corrected chi connectivity index (χ1v) is 8.34. The van der Waals surface area contributed by atoms with Gasteiger partial charge >= 0.3 is 6.18 Å². The van der Waals surface area contributed by atoms with E-state index in [9.17, 15) is 17.6 Å². The molecule has 10 heteroatoms. The molecular formula is C16H16F4N6. The van der Waals surface area contributed by atoms with Gasteiger partial charge in [-0.3, -0.25) is 0 Å².